The van der Waals surface area contributed by atoms with Gasteiger partial charge in [-0.3, -0.25) is 9.48 Å². The topological polar surface area (TPSA) is 77.7 Å². The average Bonchev–Trinajstić information content (AvgIpc) is 3.33. The van der Waals surface area contributed by atoms with Crippen LogP contribution in [0.5, 0.6) is 5.75 Å². The molecule has 1 N–H and O–H groups in total. The molecule has 7 heteroatoms. The summed E-state index contributed by atoms with van der Waals surface area (Å²) in [5.41, 5.74) is 2.57. The van der Waals surface area contributed by atoms with Crippen LogP contribution >= 0.6 is 0 Å². The highest BCUT2D eigenvalue weighted by Gasteiger charge is 2.33. The Hall–Kier alpha value is -2.83. The number of hydrogen-bond acceptors (Lipinski definition) is 5. The molecule has 1 aliphatic rings. The molecule has 2 aromatic rings. The van der Waals surface area contributed by atoms with E-state index in [1.165, 1.54) is 0 Å². The second-order valence-electron chi connectivity index (χ2n) is 7.23. The highest BCUT2D eigenvalue weighted by molar-refractivity contribution is 5.97. The van der Waals surface area contributed by atoms with Gasteiger partial charge in [-0.1, -0.05) is 24.2 Å². The molecule has 1 aliphatic heterocycles. The summed E-state index contributed by atoms with van der Waals surface area (Å²) in [6.07, 6.45) is 3.25. The predicted octanol–water partition coefficient (Wildman–Crippen LogP) is 3.23. The van der Waals surface area contributed by atoms with E-state index in [1.807, 2.05) is 32.0 Å². The van der Waals surface area contributed by atoms with Gasteiger partial charge in [-0.2, -0.15) is 5.10 Å². The van der Waals surface area contributed by atoms with Crippen LogP contribution in [0.4, 0.5) is 0 Å². The second kappa shape index (κ2) is 8.91. The first-order chi connectivity index (χ1) is 13.5. The van der Waals surface area contributed by atoms with Gasteiger partial charge in [0.05, 0.1) is 19.4 Å². The summed E-state index contributed by atoms with van der Waals surface area (Å²) in [6, 6.07) is 9.83. The van der Waals surface area contributed by atoms with E-state index in [2.05, 4.69) is 28.6 Å². The van der Waals surface area contributed by atoms with Crippen LogP contribution in [0.25, 0.3) is 0 Å². The molecule has 0 saturated heterocycles. The molecule has 0 bridgehead atoms. The van der Waals surface area contributed by atoms with Crippen molar-refractivity contribution in [2.24, 2.45) is 11.1 Å². The molecule has 2 atom stereocenters. The highest BCUT2D eigenvalue weighted by atomic mass is 16.6. The Labute approximate surface area is 165 Å². The number of carbonyl (C=O) groups excluding carboxylic acids is 1. The van der Waals surface area contributed by atoms with Gasteiger partial charge in [0.1, 0.15) is 17.5 Å². The van der Waals surface area contributed by atoms with Gasteiger partial charge in [-0.05, 0) is 44.0 Å². The number of rotatable bonds is 8. The number of hydrogen-bond donors (Lipinski definition) is 1. The standard InChI is InChI=1S/C21H28N4O3/c1-5-17-18(13-22-21(26)19-9-10-23-25(19)14(2)3)24-28-20(17)12-15-7-6-8-16(11-15)27-4/h6-11,14,17,20H,5,12-13H2,1-4H3,(H,22,26). The molecule has 1 aromatic heterocycles. The van der Waals surface area contributed by atoms with Crippen LogP contribution in [0.3, 0.4) is 0 Å². The molecule has 0 radical (unpaired) electrons. The summed E-state index contributed by atoms with van der Waals surface area (Å²) in [7, 11) is 1.66. The first-order valence-electron chi connectivity index (χ1n) is 9.70. The third kappa shape index (κ3) is 4.35. The van der Waals surface area contributed by atoms with Crippen LogP contribution in [0.2, 0.25) is 0 Å². The molecule has 3 rings (SSSR count). The zero-order chi connectivity index (χ0) is 20.1. The number of nitrogens with zero attached hydrogens (tertiary/aromatic N) is 3. The first-order valence-corrected chi connectivity index (χ1v) is 9.70. The number of aromatic nitrogens is 2. The number of ether oxygens (including phenoxy) is 1. The molecular weight excluding hydrogens is 356 g/mol. The van der Waals surface area contributed by atoms with Gasteiger partial charge in [-0.15, -0.1) is 0 Å². The van der Waals surface area contributed by atoms with Gasteiger partial charge in [-0.25, -0.2) is 0 Å². The maximum absolute atomic E-state index is 12.5. The number of oxime groups is 1. The summed E-state index contributed by atoms with van der Waals surface area (Å²) in [6.45, 7) is 6.47. The van der Waals surface area contributed by atoms with Gasteiger partial charge in [0.15, 0.2) is 0 Å². The van der Waals surface area contributed by atoms with Crippen LogP contribution in [0, 0.1) is 5.92 Å². The normalized spacial score (nSPS) is 18.7. The van der Waals surface area contributed by atoms with Crippen molar-refractivity contribution in [2.45, 2.75) is 45.8 Å². The van der Waals surface area contributed by atoms with Crippen LogP contribution in [0.1, 0.15) is 49.3 Å². The summed E-state index contributed by atoms with van der Waals surface area (Å²) in [5.74, 6) is 0.847. The molecule has 150 valence electrons. The molecule has 0 saturated carbocycles. The number of amides is 1. The van der Waals surface area contributed by atoms with E-state index in [9.17, 15) is 4.79 Å². The Balaban J connectivity index is 1.60. The Kier molecular flexibility index (Phi) is 6.34. The van der Waals surface area contributed by atoms with E-state index < -0.39 is 0 Å². The largest absolute Gasteiger partial charge is 0.497 e. The van der Waals surface area contributed by atoms with Crippen molar-refractivity contribution in [3.05, 3.63) is 47.8 Å². The lowest BCUT2D eigenvalue weighted by Crippen LogP contribution is -2.35. The Bertz CT molecular complexity index is 844. The minimum Gasteiger partial charge on any atom is -0.497 e. The van der Waals surface area contributed by atoms with Crippen molar-refractivity contribution in [1.82, 2.24) is 15.1 Å². The summed E-state index contributed by atoms with van der Waals surface area (Å²) in [5, 5.41) is 11.4. The summed E-state index contributed by atoms with van der Waals surface area (Å²) >= 11 is 0. The predicted molar refractivity (Wildman–Crippen MR) is 108 cm³/mol. The smallest absolute Gasteiger partial charge is 0.269 e. The van der Waals surface area contributed by atoms with Crippen molar-refractivity contribution in [1.29, 1.82) is 0 Å². The van der Waals surface area contributed by atoms with Crippen LogP contribution in [-0.2, 0) is 11.3 Å². The van der Waals surface area contributed by atoms with Gasteiger partial charge in [0.25, 0.3) is 5.91 Å². The van der Waals surface area contributed by atoms with Crippen molar-refractivity contribution in [3.63, 3.8) is 0 Å². The maximum atomic E-state index is 12.5. The lowest BCUT2D eigenvalue weighted by atomic mass is 9.90. The fraction of sp³-hybridized carbons (Fsp3) is 0.476. The van der Waals surface area contributed by atoms with Crippen molar-refractivity contribution in [3.8, 4) is 5.75 Å². The van der Waals surface area contributed by atoms with Crippen molar-refractivity contribution in [2.75, 3.05) is 13.7 Å². The molecule has 0 aliphatic carbocycles. The number of nitrogens with one attached hydrogen (secondary N) is 1. The SMILES string of the molecule is CCC1C(CNC(=O)c2ccnn2C(C)C)=NOC1Cc1cccc(OC)c1. The van der Waals surface area contributed by atoms with E-state index in [-0.39, 0.29) is 24.0 Å². The Morgan fingerprint density at radius 2 is 2.18 bits per heavy atom. The fourth-order valence-corrected chi connectivity index (χ4v) is 3.53. The third-order valence-electron chi connectivity index (χ3n) is 5.02. The highest BCUT2D eigenvalue weighted by Crippen LogP contribution is 2.26. The number of benzene rings is 1. The molecule has 2 heterocycles. The quantitative estimate of drug-likeness (QED) is 0.758. The number of carbonyl (C=O) groups is 1. The Morgan fingerprint density at radius 1 is 1.36 bits per heavy atom. The minimum atomic E-state index is -0.153. The third-order valence-corrected chi connectivity index (χ3v) is 5.02. The molecular formula is C21H28N4O3. The molecule has 1 amide bonds. The van der Waals surface area contributed by atoms with Gasteiger partial charge >= 0.3 is 0 Å². The zero-order valence-electron chi connectivity index (χ0n) is 16.9. The maximum Gasteiger partial charge on any atom is 0.269 e. The summed E-state index contributed by atoms with van der Waals surface area (Å²) in [4.78, 5) is 18.3. The average molecular weight is 384 g/mol. The monoisotopic (exact) mass is 384 g/mol. The number of methoxy groups -OCH3 is 1. The lowest BCUT2D eigenvalue weighted by molar-refractivity contribution is 0.0613. The fourth-order valence-electron chi connectivity index (χ4n) is 3.53. The molecule has 7 nitrogen and oxygen atoms in total. The van der Waals surface area contributed by atoms with Crippen LogP contribution in [0.15, 0.2) is 41.7 Å². The van der Waals surface area contributed by atoms with E-state index >= 15 is 0 Å². The lowest BCUT2D eigenvalue weighted by Gasteiger charge is -2.18. The summed E-state index contributed by atoms with van der Waals surface area (Å²) < 4.78 is 7.01. The second-order valence-corrected chi connectivity index (χ2v) is 7.23. The molecule has 0 spiro atoms. The van der Waals surface area contributed by atoms with Crippen molar-refractivity contribution < 1.29 is 14.4 Å². The van der Waals surface area contributed by atoms with Gasteiger partial charge in [0, 0.05) is 24.6 Å². The molecule has 0 fully saturated rings. The van der Waals surface area contributed by atoms with E-state index in [0.29, 0.717) is 12.2 Å². The van der Waals surface area contributed by atoms with Crippen molar-refractivity contribution >= 4 is 11.6 Å². The zero-order valence-corrected chi connectivity index (χ0v) is 16.9. The molecule has 28 heavy (non-hydrogen) atoms. The minimum absolute atomic E-state index is 0.0369. The van der Waals surface area contributed by atoms with Gasteiger partial charge in [0.2, 0.25) is 0 Å². The molecule has 2 unspecified atom stereocenters. The first kappa shape index (κ1) is 19.9. The van der Waals surface area contributed by atoms with E-state index in [0.717, 1.165) is 29.9 Å². The van der Waals surface area contributed by atoms with Crippen LogP contribution in [-0.4, -0.2) is 41.2 Å². The Morgan fingerprint density at radius 3 is 2.89 bits per heavy atom. The van der Waals surface area contributed by atoms with E-state index in [1.54, 1.807) is 24.1 Å². The van der Waals surface area contributed by atoms with E-state index in [4.69, 9.17) is 9.57 Å². The molecule has 1 aromatic carbocycles. The van der Waals surface area contributed by atoms with Gasteiger partial charge < -0.3 is 14.9 Å². The van der Waals surface area contributed by atoms with Crippen LogP contribution < -0.4 is 10.1 Å².